The fraction of sp³-hybridized carbons (Fsp3) is 0.500. The summed E-state index contributed by atoms with van der Waals surface area (Å²) in [5.41, 5.74) is 0. The van der Waals surface area contributed by atoms with Crippen LogP contribution in [0.2, 0.25) is 0 Å². The smallest absolute Gasteiger partial charge is 0.211 e. The molecule has 0 saturated heterocycles. The Labute approximate surface area is 125 Å². The number of alkyl halides is 1. The van der Waals surface area contributed by atoms with E-state index in [-0.39, 0.29) is 22.7 Å². The Balaban J connectivity index is 2.09. The van der Waals surface area contributed by atoms with E-state index in [9.17, 15) is 12.8 Å². The lowest BCUT2D eigenvalue weighted by Gasteiger charge is -2.15. The van der Waals surface area contributed by atoms with E-state index >= 15 is 0 Å². The summed E-state index contributed by atoms with van der Waals surface area (Å²) >= 11 is 9.18. The van der Waals surface area contributed by atoms with Gasteiger partial charge in [-0.05, 0) is 37.0 Å². The molecule has 0 spiro atoms. The van der Waals surface area contributed by atoms with Crippen molar-refractivity contribution in [3.63, 3.8) is 0 Å². The molecule has 1 aromatic carbocycles. The van der Waals surface area contributed by atoms with Gasteiger partial charge in [0.15, 0.2) is 0 Å². The molecule has 0 amide bonds. The van der Waals surface area contributed by atoms with Crippen LogP contribution in [0.25, 0.3) is 0 Å². The van der Waals surface area contributed by atoms with Gasteiger partial charge >= 0.3 is 0 Å². The molecule has 19 heavy (non-hydrogen) atoms. The number of benzene rings is 1. The first-order chi connectivity index (χ1) is 8.90. The maximum atomic E-state index is 13.6. The van der Waals surface area contributed by atoms with Gasteiger partial charge in [-0.25, -0.2) is 17.5 Å². The van der Waals surface area contributed by atoms with E-state index in [2.05, 4.69) is 20.7 Å². The van der Waals surface area contributed by atoms with Gasteiger partial charge in [-0.1, -0.05) is 22.4 Å². The molecule has 1 fully saturated rings. The number of rotatable bonds is 4. The van der Waals surface area contributed by atoms with Gasteiger partial charge in [-0.15, -0.1) is 11.6 Å². The second-order valence-electron chi connectivity index (χ2n) is 4.63. The molecule has 1 aliphatic rings. The maximum absolute atomic E-state index is 13.6. The van der Waals surface area contributed by atoms with Gasteiger partial charge in [0.05, 0.1) is 0 Å². The molecule has 1 aromatic rings. The van der Waals surface area contributed by atoms with Gasteiger partial charge in [-0.3, -0.25) is 0 Å². The Morgan fingerprint density at radius 3 is 2.74 bits per heavy atom. The van der Waals surface area contributed by atoms with E-state index < -0.39 is 15.8 Å². The fourth-order valence-corrected chi connectivity index (χ4v) is 4.06. The summed E-state index contributed by atoms with van der Waals surface area (Å²) in [6.07, 6.45) is 2.81. The largest absolute Gasteiger partial charge is 0.243 e. The molecular formula is C12H14BrClFNO2S. The summed E-state index contributed by atoms with van der Waals surface area (Å²) in [5.74, 6) is -0.648. The number of hydrogen-bond acceptors (Lipinski definition) is 2. The van der Waals surface area contributed by atoms with Crippen LogP contribution in [0.4, 0.5) is 4.39 Å². The Bertz CT molecular complexity index is 567. The first-order valence-electron chi connectivity index (χ1n) is 5.99. The third-order valence-corrected chi connectivity index (χ3v) is 5.81. The molecule has 2 rings (SSSR count). The van der Waals surface area contributed by atoms with Crippen LogP contribution in [-0.4, -0.2) is 20.3 Å². The normalized spacial score (nSPS) is 23.7. The van der Waals surface area contributed by atoms with Crippen molar-refractivity contribution < 1.29 is 12.8 Å². The van der Waals surface area contributed by atoms with Crippen LogP contribution in [0.1, 0.15) is 19.3 Å². The minimum Gasteiger partial charge on any atom is -0.211 e. The summed E-state index contributed by atoms with van der Waals surface area (Å²) in [6, 6.07) is 3.88. The SMILES string of the molecule is O=S(=O)(NCC1CCCC1Cl)c1ccc(Br)cc1F. The molecule has 0 aromatic heterocycles. The Morgan fingerprint density at radius 2 is 2.16 bits per heavy atom. The lowest BCUT2D eigenvalue weighted by Crippen LogP contribution is -2.31. The van der Waals surface area contributed by atoms with Gasteiger partial charge < -0.3 is 0 Å². The van der Waals surface area contributed by atoms with Crippen molar-refractivity contribution in [3.8, 4) is 0 Å². The average Bonchev–Trinajstić information content (AvgIpc) is 2.72. The third kappa shape index (κ3) is 3.68. The molecule has 3 nitrogen and oxygen atoms in total. The molecule has 1 aliphatic carbocycles. The van der Waals surface area contributed by atoms with Crippen molar-refractivity contribution in [1.29, 1.82) is 0 Å². The molecule has 0 aliphatic heterocycles. The van der Waals surface area contributed by atoms with Crippen LogP contribution in [0, 0.1) is 11.7 Å². The molecule has 0 radical (unpaired) electrons. The zero-order valence-corrected chi connectivity index (χ0v) is 13.2. The van der Waals surface area contributed by atoms with Crippen LogP contribution in [0.3, 0.4) is 0 Å². The topological polar surface area (TPSA) is 46.2 Å². The highest BCUT2D eigenvalue weighted by atomic mass is 79.9. The molecule has 7 heteroatoms. The molecule has 0 heterocycles. The molecular weight excluding hydrogens is 357 g/mol. The van der Waals surface area contributed by atoms with Gasteiger partial charge in [-0.2, -0.15) is 0 Å². The highest BCUT2D eigenvalue weighted by molar-refractivity contribution is 9.10. The number of halogens is 3. The van der Waals surface area contributed by atoms with E-state index in [1.807, 2.05) is 0 Å². The van der Waals surface area contributed by atoms with E-state index in [1.165, 1.54) is 12.1 Å². The second-order valence-corrected chi connectivity index (χ2v) is 7.85. The van der Waals surface area contributed by atoms with Crippen molar-refractivity contribution in [3.05, 3.63) is 28.5 Å². The number of sulfonamides is 1. The maximum Gasteiger partial charge on any atom is 0.243 e. The third-order valence-electron chi connectivity index (χ3n) is 3.29. The quantitative estimate of drug-likeness (QED) is 0.827. The summed E-state index contributed by atoms with van der Waals surface area (Å²) in [4.78, 5) is -0.334. The Morgan fingerprint density at radius 1 is 1.42 bits per heavy atom. The zero-order valence-electron chi connectivity index (χ0n) is 10.1. The molecule has 106 valence electrons. The number of hydrogen-bond donors (Lipinski definition) is 1. The summed E-state index contributed by atoms with van der Waals surface area (Å²) in [7, 11) is -3.82. The molecule has 1 saturated carbocycles. The summed E-state index contributed by atoms with van der Waals surface area (Å²) in [5, 5.41) is -0.00235. The molecule has 0 bridgehead atoms. The zero-order chi connectivity index (χ0) is 14.0. The van der Waals surface area contributed by atoms with Crippen LogP contribution >= 0.6 is 27.5 Å². The van der Waals surface area contributed by atoms with Gasteiger partial charge in [0, 0.05) is 16.4 Å². The molecule has 1 N–H and O–H groups in total. The monoisotopic (exact) mass is 369 g/mol. The van der Waals surface area contributed by atoms with Gasteiger partial charge in [0.25, 0.3) is 0 Å². The average molecular weight is 371 g/mol. The van der Waals surface area contributed by atoms with Crippen LogP contribution in [0.5, 0.6) is 0 Å². The summed E-state index contributed by atoms with van der Waals surface area (Å²) < 4.78 is 40.6. The highest BCUT2D eigenvalue weighted by Gasteiger charge is 2.27. The van der Waals surface area contributed by atoms with Crippen LogP contribution in [0.15, 0.2) is 27.6 Å². The van der Waals surface area contributed by atoms with Crippen molar-refractivity contribution in [1.82, 2.24) is 4.72 Å². The first kappa shape index (κ1) is 15.2. The van der Waals surface area contributed by atoms with Crippen LogP contribution in [-0.2, 0) is 10.0 Å². The lowest BCUT2D eigenvalue weighted by atomic mass is 10.1. The minimum absolute atomic E-state index is 0.00235. The predicted octanol–water partition coefficient (Wildman–Crippen LogP) is 3.27. The van der Waals surface area contributed by atoms with Crippen molar-refractivity contribution in [2.75, 3.05) is 6.54 Å². The summed E-state index contributed by atoms with van der Waals surface area (Å²) in [6.45, 7) is 0.256. The predicted molar refractivity (Wildman–Crippen MR) is 76.3 cm³/mol. The van der Waals surface area contributed by atoms with Crippen molar-refractivity contribution in [2.24, 2.45) is 5.92 Å². The first-order valence-corrected chi connectivity index (χ1v) is 8.70. The Kier molecular flexibility index (Phi) is 4.87. The Hall–Kier alpha value is -0.170. The van der Waals surface area contributed by atoms with Gasteiger partial charge in [0.1, 0.15) is 10.7 Å². The van der Waals surface area contributed by atoms with Crippen LogP contribution < -0.4 is 4.72 Å². The molecule has 2 atom stereocenters. The van der Waals surface area contributed by atoms with Gasteiger partial charge in [0.2, 0.25) is 10.0 Å². The number of nitrogens with one attached hydrogen (secondary N) is 1. The van der Waals surface area contributed by atoms with E-state index in [0.29, 0.717) is 4.47 Å². The van der Waals surface area contributed by atoms with E-state index in [0.717, 1.165) is 25.3 Å². The highest BCUT2D eigenvalue weighted by Crippen LogP contribution is 2.30. The molecule has 2 unspecified atom stereocenters. The van der Waals surface area contributed by atoms with E-state index in [1.54, 1.807) is 0 Å². The fourth-order valence-electron chi connectivity index (χ4n) is 2.21. The van der Waals surface area contributed by atoms with Crippen molar-refractivity contribution in [2.45, 2.75) is 29.5 Å². The van der Waals surface area contributed by atoms with E-state index in [4.69, 9.17) is 11.6 Å². The lowest BCUT2D eigenvalue weighted by molar-refractivity contribution is 0.517. The standard InChI is InChI=1S/C12H14BrClFNO2S/c13-9-4-5-12(11(15)6-9)19(17,18)16-7-8-2-1-3-10(8)14/h4-6,8,10,16H,1-3,7H2. The second kappa shape index (κ2) is 6.08. The minimum atomic E-state index is -3.82. The van der Waals surface area contributed by atoms with Crippen molar-refractivity contribution >= 4 is 37.6 Å².